The Morgan fingerprint density at radius 2 is 2.15 bits per heavy atom. The van der Waals surface area contributed by atoms with Crippen molar-refractivity contribution in [1.82, 2.24) is 10.3 Å². The second kappa shape index (κ2) is 4.63. The summed E-state index contributed by atoms with van der Waals surface area (Å²) in [6.07, 6.45) is 9.13. The summed E-state index contributed by atoms with van der Waals surface area (Å²) in [6.45, 7) is 0. The molecule has 4 rings (SSSR count). The van der Waals surface area contributed by atoms with E-state index in [1.807, 2.05) is 12.3 Å². The Morgan fingerprint density at radius 3 is 2.95 bits per heavy atom. The third-order valence-electron chi connectivity index (χ3n) is 4.41. The summed E-state index contributed by atoms with van der Waals surface area (Å²) in [5, 5.41) is 8.68. The van der Waals surface area contributed by atoms with Crippen LogP contribution in [0.5, 0.6) is 0 Å². The van der Waals surface area contributed by atoms with Gasteiger partial charge in [-0.1, -0.05) is 12.2 Å². The van der Waals surface area contributed by atoms with Gasteiger partial charge in [0.25, 0.3) is 0 Å². The van der Waals surface area contributed by atoms with Gasteiger partial charge in [-0.3, -0.25) is 0 Å². The van der Waals surface area contributed by atoms with Crippen LogP contribution in [0.25, 0.3) is 10.9 Å². The van der Waals surface area contributed by atoms with Crippen LogP contribution in [0.4, 0.5) is 5.69 Å². The molecule has 0 saturated heterocycles. The maximum absolute atomic E-state index is 5.44. The predicted octanol–water partition coefficient (Wildman–Crippen LogP) is 3.42. The number of aromatic nitrogens is 1. The smallest absolute Gasteiger partial charge is 0.171 e. The van der Waals surface area contributed by atoms with Gasteiger partial charge >= 0.3 is 0 Å². The number of anilines is 1. The van der Waals surface area contributed by atoms with Crippen LogP contribution >= 0.6 is 12.2 Å². The number of hydrogen-bond donors (Lipinski definition) is 3. The summed E-state index contributed by atoms with van der Waals surface area (Å²) >= 11 is 5.44. The van der Waals surface area contributed by atoms with Crippen LogP contribution in [-0.2, 0) is 0 Å². The van der Waals surface area contributed by atoms with Gasteiger partial charge < -0.3 is 15.6 Å². The van der Waals surface area contributed by atoms with E-state index in [4.69, 9.17) is 12.2 Å². The number of aromatic amines is 1. The number of rotatable bonds is 2. The lowest BCUT2D eigenvalue weighted by Gasteiger charge is -2.22. The van der Waals surface area contributed by atoms with Crippen LogP contribution in [0.2, 0.25) is 0 Å². The Kier molecular flexibility index (Phi) is 2.77. The first-order chi connectivity index (χ1) is 9.78. The van der Waals surface area contributed by atoms with Gasteiger partial charge in [0.2, 0.25) is 0 Å². The van der Waals surface area contributed by atoms with Crippen molar-refractivity contribution in [3.05, 3.63) is 42.6 Å². The zero-order valence-corrected chi connectivity index (χ0v) is 11.9. The highest BCUT2D eigenvalue weighted by Gasteiger charge is 2.35. The lowest BCUT2D eigenvalue weighted by Crippen LogP contribution is -2.40. The molecule has 0 aliphatic heterocycles. The number of fused-ring (bicyclic) bond motifs is 3. The second-order valence-corrected chi connectivity index (χ2v) is 6.17. The molecule has 102 valence electrons. The van der Waals surface area contributed by atoms with E-state index in [0.29, 0.717) is 12.0 Å². The molecule has 1 saturated carbocycles. The minimum atomic E-state index is 0.501. The van der Waals surface area contributed by atoms with E-state index in [1.165, 1.54) is 18.2 Å². The Hall–Kier alpha value is -1.81. The molecule has 3 unspecified atom stereocenters. The molecule has 2 bridgehead atoms. The highest BCUT2D eigenvalue weighted by molar-refractivity contribution is 7.80. The van der Waals surface area contributed by atoms with Gasteiger partial charge in [-0.05, 0) is 61.2 Å². The van der Waals surface area contributed by atoms with E-state index < -0.39 is 0 Å². The third-order valence-corrected chi connectivity index (χ3v) is 4.63. The Morgan fingerprint density at radius 1 is 1.20 bits per heavy atom. The Bertz CT molecular complexity index is 688. The standard InChI is InChI=1S/C16H17N3S/c20-16(19-15-8-10-1-2-11(15)7-10)18-13-3-4-14-12(9-13)5-6-17-14/h1-6,9-11,15,17H,7-8H2,(H2,18,19,20). The van der Waals surface area contributed by atoms with E-state index in [9.17, 15) is 0 Å². The minimum Gasteiger partial charge on any atom is -0.361 e. The largest absolute Gasteiger partial charge is 0.361 e. The summed E-state index contributed by atoms with van der Waals surface area (Å²) in [4.78, 5) is 3.19. The maximum Gasteiger partial charge on any atom is 0.171 e. The number of benzene rings is 1. The average molecular weight is 283 g/mol. The Balaban J connectivity index is 1.43. The summed E-state index contributed by atoms with van der Waals surface area (Å²) in [5.74, 6) is 1.42. The van der Waals surface area contributed by atoms with E-state index >= 15 is 0 Å². The molecule has 0 spiro atoms. The van der Waals surface area contributed by atoms with Gasteiger partial charge in [0.1, 0.15) is 0 Å². The molecule has 3 atom stereocenters. The molecule has 1 heterocycles. The molecule has 3 nitrogen and oxygen atoms in total. The van der Waals surface area contributed by atoms with Crippen molar-refractivity contribution in [3.8, 4) is 0 Å². The lowest BCUT2D eigenvalue weighted by atomic mass is 10.0. The third kappa shape index (κ3) is 2.10. The van der Waals surface area contributed by atoms with Gasteiger partial charge in [0.15, 0.2) is 5.11 Å². The normalized spacial score (nSPS) is 27.1. The molecule has 0 radical (unpaired) electrons. The SMILES string of the molecule is S=C(Nc1ccc2[nH]ccc2c1)NC1CC2C=CC1C2. The first-order valence-electron chi connectivity index (χ1n) is 7.11. The van der Waals surface area contributed by atoms with Gasteiger partial charge in [-0.25, -0.2) is 0 Å². The van der Waals surface area contributed by atoms with E-state index in [0.717, 1.165) is 22.2 Å². The fourth-order valence-electron chi connectivity index (χ4n) is 3.41. The molecule has 1 fully saturated rings. The van der Waals surface area contributed by atoms with Crippen molar-refractivity contribution in [1.29, 1.82) is 0 Å². The van der Waals surface area contributed by atoms with Crippen molar-refractivity contribution in [3.63, 3.8) is 0 Å². The molecular formula is C16H17N3S. The first kappa shape index (κ1) is 12.0. The van der Waals surface area contributed by atoms with E-state index in [-0.39, 0.29) is 0 Å². The number of hydrogen-bond acceptors (Lipinski definition) is 1. The Labute approximate surface area is 123 Å². The van der Waals surface area contributed by atoms with Gasteiger partial charge in [-0.15, -0.1) is 0 Å². The van der Waals surface area contributed by atoms with Crippen LogP contribution in [0, 0.1) is 11.8 Å². The van der Waals surface area contributed by atoms with Gasteiger partial charge in [0, 0.05) is 28.8 Å². The number of nitrogens with one attached hydrogen (secondary N) is 3. The maximum atomic E-state index is 5.44. The first-order valence-corrected chi connectivity index (χ1v) is 7.52. The topological polar surface area (TPSA) is 39.9 Å². The summed E-state index contributed by atoms with van der Waals surface area (Å²) in [5.41, 5.74) is 2.18. The van der Waals surface area contributed by atoms with Crippen LogP contribution < -0.4 is 10.6 Å². The minimum absolute atomic E-state index is 0.501. The zero-order chi connectivity index (χ0) is 13.5. The quantitative estimate of drug-likeness (QED) is 0.584. The summed E-state index contributed by atoms with van der Waals surface area (Å²) < 4.78 is 0. The highest BCUT2D eigenvalue weighted by Crippen LogP contribution is 2.38. The predicted molar refractivity (Wildman–Crippen MR) is 86.8 cm³/mol. The molecule has 1 aromatic heterocycles. The average Bonchev–Trinajstić information content (AvgIpc) is 3.13. The molecule has 1 aromatic carbocycles. The molecule has 3 N–H and O–H groups in total. The van der Waals surface area contributed by atoms with Gasteiger partial charge in [-0.2, -0.15) is 0 Å². The molecule has 2 aliphatic carbocycles. The fraction of sp³-hybridized carbons (Fsp3) is 0.312. The van der Waals surface area contributed by atoms with Gasteiger partial charge in [0.05, 0.1) is 0 Å². The van der Waals surface area contributed by atoms with Crippen molar-refractivity contribution in [2.24, 2.45) is 11.8 Å². The van der Waals surface area contributed by atoms with Crippen LogP contribution in [-0.4, -0.2) is 16.1 Å². The second-order valence-electron chi connectivity index (χ2n) is 5.76. The molecule has 2 aliphatic rings. The van der Waals surface area contributed by atoms with Crippen LogP contribution in [0.15, 0.2) is 42.6 Å². The van der Waals surface area contributed by atoms with Crippen molar-refractivity contribution in [2.75, 3.05) is 5.32 Å². The number of allylic oxidation sites excluding steroid dienone is 1. The molecule has 2 aromatic rings. The van der Waals surface area contributed by atoms with Crippen LogP contribution in [0.3, 0.4) is 0 Å². The summed E-state index contributed by atoms with van der Waals surface area (Å²) in [6, 6.07) is 8.80. The monoisotopic (exact) mass is 283 g/mol. The molecule has 20 heavy (non-hydrogen) atoms. The van der Waals surface area contributed by atoms with E-state index in [1.54, 1.807) is 0 Å². The molecule has 0 amide bonds. The van der Waals surface area contributed by atoms with Crippen molar-refractivity contribution >= 4 is 33.9 Å². The highest BCUT2D eigenvalue weighted by atomic mass is 32.1. The number of H-pyrrole nitrogens is 1. The molecular weight excluding hydrogens is 266 g/mol. The summed E-state index contributed by atoms with van der Waals surface area (Å²) in [7, 11) is 0. The van der Waals surface area contributed by atoms with E-state index in [2.05, 4.69) is 46.0 Å². The van der Waals surface area contributed by atoms with Crippen LogP contribution in [0.1, 0.15) is 12.8 Å². The molecule has 4 heteroatoms. The lowest BCUT2D eigenvalue weighted by molar-refractivity contribution is 0.526. The van der Waals surface area contributed by atoms with Crippen molar-refractivity contribution in [2.45, 2.75) is 18.9 Å². The zero-order valence-electron chi connectivity index (χ0n) is 11.1. The fourth-order valence-corrected chi connectivity index (χ4v) is 3.68. The number of thiocarbonyl (C=S) groups is 1. The van der Waals surface area contributed by atoms with Crippen molar-refractivity contribution < 1.29 is 0 Å².